The number of anilines is 1. The second-order valence-electron chi connectivity index (χ2n) is 10.4. The second-order valence-corrected chi connectivity index (χ2v) is 11.2. The zero-order valence-corrected chi connectivity index (χ0v) is 19.8. The van der Waals surface area contributed by atoms with Crippen LogP contribution < -0.4 is 5.32 Å². The number of hydrogen-bond donors (Lipinski definition) is 1. The van der Waals surface area contributed by atoms with Gasteiger partial charge < -0.3 is 10.2 Å². The van der Waals surface area contributed by atoms with E-state index in [0.717, 1.165) is 30.5 Å². The largest absolute Gasteiger partial charge is 0.332 e. The lowest BCUT2D eigenvalue weighted by atomic mass is 9.49. The average molecular weight is 485 g/mol. The van der Waals surface area contributed by atoms with Gasteiger partial charge in [0.05, 0.1) is 33.3 Å². The van der Waals surface area contributed by atoms with Crippen LogP contribution in [0.15, 0.2) is 24.5 Å². The van der Waals surface area contributed by atoms with Crippen LogP contribution in [-0.4, -0.2) is 33.2 Å². The van der Waals surface area contributed by atoms with Crippen molar-refractivity contribution in [3.63, 3.8) is 0 Å². The van der Waals surface area contributed by atoms with Crippen LogP contribution in [0.5, 0.6) is 0 Å². The first-order valence-corrected chi connectivity index (χ1v) is 12.5. The maximum Gasteiger partial charge on any atom is 0.255 e. The van der Waals surface area contributed by atoms with Crippen LogP contribution in [0, 0.1) is 23.2 Å². The first-order chi connectivity index (χ1) is 15.9. The van der Waals surface area contributed by atoms with Crippen molar-refractivity contribution in [2.45, 2.75) is 51.5 Å². The number of amides is 2. The molecule has 2 aromatic rings. The van der Waals surface area contributed by atoms with Gasteiger partial charge in [-0.05, 0) is 74.8 Å². The molecule has 4 bridgehead atoms. The summed E-state index contributed by atoms with van der Waals surface area (Å²) >= 11 is 12.4. The number of nitrogens with one attached hydrogen (secondary N) is 1. The fourth-order valence-corrected chi connectivity index (χ4v) is 7.48. The van der Waals surface area contributed by atoms with Crippen molar-refractivity contribution in [2.75, 3.05) is 11.9 Å². The Kier molecular flexibility index (Phi) is 5.15. The molecule has 1 aromatic heterocycles. The predicted octanol–water partition coefficient (Wildman–Crippen LogP) is 5.14. The molecule has 0 atom stereocenters. The molecular formula is C25H26Cl2N4O2. The Balaban J connectivity index is 1.21. The maximum atomic E-state index is 13.5. The van der Waals surface area contributed by atoms with Gasteiger partial charge in [-0.3, -0.25) is 9.59 Å². The summed E-state index contributed by atoms with van der Waals surface area (Å²) in [5.74, 6) is 2.68. The molecule has 7 rings (SSSR count). The normalized spacial score (nSPS) is 29.6. The Morgan fingerprint density at radius 1 is 1.03 bits per heavy atom. The molecule has 2 heterocycles. The lowest BCUT2D eigenvalue weighted by molar-refractivity contribution is -0.140. The van der Waals surface area contributed by atoms with Gasteiger partial charge >= 0.3 is 0 Å². The van der Waals surface area contributed by atoms with Gasteiger partial charge in [0.2, 0.25) is 5.91 Å². The fraction of sp³-hybridized carbons (Fsp3) is 0.520. The third-order valence-corrected chi connectivity index (χ3v) is 9.05. The SMILES string of the molecule is O=C(c1cccc(Cl)c1Cl)N1CCc2c(ncnc2NC(=O)C23CC4CC(CC(C4)C2)C3)C1. The van der Waals surface area contributed by atoms with Gasteiger partial charge in [0, 0.05) is 12.1 Å². The highest BCUT2D eigenvalue weighted by molar-refractivity contribution is 6.43. The summed E-state index contributed by atoms with van der Waals surface area (Å²) in [6, 6.07) is 5.07. The Morgan fingerprint density at radius 3 is 2.42 bits per heavy atom. The molecule has 4 saturated carbocycles. The molecule has 1 aromatic carbocycles. The van der Waals surface area contributed by atoms with E-state index in [-0.39, 0.29) is 22.3 Å². The number of nitrogens with zero attached hydrogens (tertiary/aromatic N) is 3. The predicted molar refractivity (Wildman–Crippen MR) is 126 cm³/mol. The fourth-order valence-electron chi connectivity index (χ4n) is 7.10. The molecule has 33 heavy (non-hydrogen) atoms. The van der Waals surface area contributed by atoms with E-state index in [1.165, 1.54) is 25.6 Å². The number of rotatable bonds is 3. The highest BCUT2D eigenvalue weighted by Crippen LogP contribution is 2.60. The summed E-state index contributed by atoms with van der Waals surface area (Å²) in [5, 5.41) is 3.81. The Morgan fingerprint density at radius 2 is 1.73 bits per heavy atom. The van der Waals surface area contributed by atoms with Crippen molar-refractivity contribution >= 4 is 40.8 Å². The van der Waals surface area contributed by atoms with E-state index in [2.05, 4.69) is 15.3 Å². The molecule has 0 unspecified atom stereocenters. The van der Waals surface area contributed by atoms with Gasteiger partial charge in [0.15, 0.2) is 0 Å². The molecule has 0 spiro atoms. The quantitative estimate of drug-likeness (QED) is 0.654. The van der Waals surface area contributed by atoms with Crippen LogP contribution in [0.2, 0.25) is 10.0 Å². The van der Waals surface area contributed by atoms with Crippen molar-refractivity contribution in [3.05, 3.63) is 51.4 Å². The lowest BCUT2D eigenvalue weighted by Crippen LogP contribution is -2.52. The zero-order valence-electron chi connectivity index (χ0n) is 18.3. The van der Waals surface area contributed by atoms with E-state index in [4.69, 9.17) is 23.2 Å². The summed E-state index contributed by atoms with van der Waals surface area (Å²) in [6.07, 6.45) is 9.01. The monoisotopic (exact) mass is 484 g/mol. The van der Waals surface area contributed by atoms with Gasteiger partial charge in [-0.25, -0.2) is 9.97 Å². The number of halogens is 2. The number of carbonyl (C=O) groups excluding carboxylic acids is 2. The summed E-state index contributed by atoms with van der Waals surface area (Å²) < 4.78 is 0. The number of carbonyl (C=O) groups is 2. The first-order valence-electron chi connectivity index (χ1n) is 11.8. The number of aromatic nitrogens is 2. The highest BCUT2D eigenvalue weighted by Gasteiger charge is 2.54. The van der Waals surface area contributed by atoms with Crippen LogP contribution in [-0.2, 0) is 17.8 Å². The minimum atomic E-state index is -0.230. The number of fused-ring (bicyclic) bond motifs is 1. The Bertz CT molecular complexity index is 1120. The standard InChI is InChI=1S/C25H26Cl2N4O2/c26-19-3-1-2-18(21(19)27)23(32)31-5-4-17-20(12-31)28-13-29-22(17)30-24(33)25-9-14-6-15(10-25)8-16(7-14)11-25/h1-3,13-16H,4-12H2,(H,28,29,30,33). The number of benzene rings is 1. The third-order valence-electron chi connectivity index (χ3n) is 8.23. The molecule has 1 aliphatic heterocycles. The van der Waals surface area contributed by atoms with Crippen molar-refractivity contribution in [1.82, 2.24) is 14.9 Å². The molecule has 0 radical (unpaired) electrons. The Hall–Kier alpha value is -2.18. The molecule has 1 N–H and O–H groups in total. The van der Waals surface area contributed by atoms with E-state index in [0.29, 0.717) is 53.7 Å². The number of hydrogen-bond acceptors (Lipinski definition) is 4. The van der Waals surface area contributed by atoms with E-state index >= 15 is 0 Å². The van der Waals surface area contributed by atoms with Crippen molar-refractivity contribution in [2.24, 2.45) is 23.2 Å². The van der Waals surface area contributed by atoms with Gasteiger partial charge in [-0.2, -0.15) is 0 Å². The molecule has 0 saturated heterocycles. The maximum absolute atomic E-state index is 13.5. The minimum Gasteiger partial charge on any atom is -0.332 e. The van der Waals surface area contributed by atoms with E-state index in [1.54, 1.807) is 23.1 Å². The van der Waals surface area contributed by atoms with Crippen LogP contribution in [0.25, 0.3) is 0 Å². The summed E-state index contributed by atoms with van der Waals surface area (Å²) in [5.41, 5.74) is 1.85. The summed E-state index contributed by atoms with van der Waals surface area (Å²) in [7, 11) is 0. The minimum absolute atomic E-state index is 0.131. The molecule has 6 nitrogen and oxygen atoms in total. The first kappa shape index (κ1) is 21.4. The molecule has 4 fully saturated rings. The van der Waals surface area contributed by atoms with Crippen molar-refractivity contribution < 1.29 is 9.59 Å². The molecule has 2 amide bonds. The molecule has 5 aliphatic rings. The molecular weight excluding hydrogens is 459 g/mol. The smallest absolute Gasteiger partial charge is 0.255 e. The van der Waals surface area contributed by atoms with Gasteiger partial charge in [0.25, 0.3) is 5.91 Å². The van der Waals surface area contributed by atoms with Gasteiger partial charge in [0.1, 0.15) is 12.1 Å². The van der Waals surface area contributed by atoms with Crippen LogP contribution in [0.1, 0.15) is 60.1 Å². The second kappa shape index (κ2) is 7.95. The molecule has 4 aliphatic carbocycles. The van der Waals surface area contributed by atoms with E-state index in [1.807, 2.05) is 0 Å². The highest BCUT2D eigenvalue weighted by atomic mass is 35.5. The topological polar surface area (TPSA) is 75.2 Å². The van der Waals surface area contributed by atoms with Gasteiger partial charge in [-0.1, -0.05) is 29.3 Å². The average Bonchev–Trinajstić information content (AvgIpc) is 2.79. The van der Waals surface area contributed by atoms with Gasteiger partial charge in [-0.15, -0.1) is 0 Å². The van der Waals surface area contributed by atoms with Crippen LogP contribution in [0.4, 0.5) is 5.82 Å². The van der Waals surface area contributed by atoms with Crippen LogP contribution >= 0.6 is 23.2 Å². The third kappa shape index (κ3) is 3.62. The zero-order chi connectivity index (χ0) is 22.7. The molecule has 8 heteroatoms. The van der Waals surface area contributed by atoms with Crippen molar-refractivity contribution in [3.8, 4) is 0 Å². The lowest BCUT2D eigenvalue weighted by Gasteiger charge is -2.55. The summed E-state index contributed by atoms with van der Waals surface area (Å²) in [6.45, 7) is 0.849. The van der Waals surface area contributed by atoms with E-state index < -0.39 is 0 Å². The van der Waals surface area contributed by atoms with E-state index in [9.17, 15) is 9.59 Å². The summed E-state index contributed by atoms with van der Waals surface area (Å²) in [4.78, 5) is 37.2. The molecule has 172 valence electrons. The Labute approximate surface area is 203 Å². The van der Waals surface area contributed by atoms with Crippen molar-refractivity contribution in [1.29, 1.82) is 0 Å². The van der Waals surface area contributed by atoms with Crippen LogP contribution in [0.3, 0.4) is 0 Å².